The van der Waals surface area contributed by atoms with Crippen molar-refractivity contribution in [1.82, 2.24) is 5.32 Å². The van der Waals surface area contributed by atoms with E-state index < -0.39 is 0 Å². The van der Waals surface area contributed by atoms with Crippen molar-refractivity contribution in [3.05, 3.63) is 65.7 Å². The number of imide groups is 1. The predicted octanol–water partition coefficient (Wildman–Crippen LogP) is 3.41. The Kier molecular flexibility index (Phi) is 5.74. The molecule has 0 aliphatic carbocycles. The van der Waals surface area contributed by atoms with E-state index in [4.69, 9.17) is 0 Å². The number of anilines is 1. The zero-order valence-electron chi connectivity index (χ0n) is 16.5. The van der Waals surface area contributed by atoms with Gasteiger partial charge in [-0.2, -0.15) is 0 Å². The van der Waals surface area contributed by atoms with Gasteiger partial charge in [0.05, 0.1) is 0 Å². The molecule has 2 atom stereocenters. The van der Waals surface area contributed by atoms with Crippen LogP contribution in [-0.4, -0.2) is 23.8 Å². The number of benzene rings is 2. The molecule has 2 aromatic rings. The molecule has 4 rings (SSSR count). The van der Waals surface area contributed by atoms with Gasteiger partial charge in [0.2, 0.25) is 17.7 Å². The fraction of sp³-hybridized carbons (Fsp3) is 0.375. The van der Waals surface area contributed by atoms with Crippen LogP contribution in [0.25, 0.3) is 0 Å². The predicted molar refractivity (Wildman–Crippen MR) is 111 cm³/mol. The molecule has 2 aromatic carbocycles. The van der Waals surface area contributed by atoms with Gasteiger partial charge in [-0.25, -0.2) is 0 Å². The monoisotopic (exact) mass is 390 g/mol. The Morgan fingerprint density at radius 2 is 1.55 bits per heavy atom. The summed E-state index contributed by atoms with van der Waals surface area (Å²) in [5.74, 6) is -0.356. The van der Waals surface area contributed by atoms with E-state index in [0.717, 1.165) is 36.9 Å². The molecule has 0 bridgehead atoms. The fourth-order valence-electron chi connectivity index (χ4n) is 4.39. The molecule has 2 aliphatic rings. The summed E-state index contributed by atoms with van der Waals surface area (Å²) >= 11 is 0. The van der Waals surface area contributed by atoms with Crippen LogP contribution in [0.15, 0.2) is 54.6 Å². The van der Waals surface area contributed by atoms with E-state index in [2.05, 4.69) is 17.4 Å². The lowest BCUT2D eigenvalue weighted by Gasteiger charge is -2.25. The molecule has 5 heteroatoms. The van der Waals surface area contributed by atoms with E-state index in [-0.39, 0.29) is 29.7 Å². The van der Waals surface area contributed by atoms with Crippen LogP contribution in [-0.2, 0) is 27.2 Å². The Bertz CT molecular complexity index is 892. The lowest BCUT2D eigenvalue weighted by Crippen LogP contribution is -2.34. The minimum absolute atomic E-state index is 0.167. The van der Waals surface area contributed by atoms with E-state index in [1.54, 1.807) is 0 Å². The first kappa shape index (κ1) is 19.4. The summed E-state index contributed by atoms with van der Waals surface area (Å²) in [4.78, 5) is 38.1. The van der Waals surface area contributed by atoms with E-state index >= 15 is 0 Å². The van der Waals surface area contributed by atoms with Gasteiger partial charge in [0.15, 0.2) is 0 Å². The van der Waals surface area contributed by atoms with Gasteiger partial charge >= 0.3 is 0 Å². The summed E-state index contributed by atoms with van der Waals surface area (Å²) < 4.78 is 0. The van der Waals surface area contributed by atoms with Crippen molar-refractivity contribution in [2.75, 3.05) is 4.90 Å². The molecule has 2 saturated heterocycles. The molecule has 0 saturated carbocycles. The summed E-state index contributed by atoms with van der Waals surface area (Å²) in [5, 5.41) is 2.47. The van der Waals surface area contributed by atoms with Crippen molar-refractivity contribution in [3.8, 4) is 0 Å². The van der Waals surface area contributed by atoms with Crippen molar-refractivity contribution in [2.24, 2.45) is 5.92 Å². The molecule has 29 heavy (non-hydrogen) atoms. The number of rotatable bonds is 5. The highest BCUT2D eigenvalue weighted by molar-refractivity contribution is 5.97. The van der Waals surface area contributed by atoms with E-state index in [1.165, 1.54) is 5.56 Å². The first-order valence-electron chi connectivity index (χ1n) is 10.4. The van der Waals surface area contributed by atoms with Crippen molar-refractivity contribution in [1.29, 1.82) is 0 Å². The summed E-state index contributed by atoms with van der Waals surface area (Å²) in [7, 11) is 0. The number of hydrogen-bond donors (Lipinski definition) is 1. The third-order valence-corrected chi connectivity index (χ3v) is 5.93. The van der Waals surface area contributed by atoms with Crippen LogP contribution >= 0.6 is 0 Å². The van der Waals surface area contributed by atoms with E-state index in [1.807, 2.05) is 47.4 Å². The van der Waals surface area contributed by atoms with Crippen LogP contribution < -0.4 is 10.2 Å². The van der Waals surface area contributed by atoms with Gasteiger partial charge in [-0.1, -0.05) is 42.5 Å². The van der Waals surface area contributed by atoms with Crippen molar-refractivity contribution in [3.63, 3.8) is 0 Å². The third kappa shape index (κ3) is 4.56. The number of carbonyl (C=O) groups excluding carboxylic acids is 3. The van der Waals surface area contributed by atoms with Gasteiger partial charge < -0.3 is 4.90 Å². The maximum absolute atomic E-state index is 12.5. The molecule has 3 amide bonds. The Hall–Kier alpha value is -2.95. The molecule has 5 nitrogen and oxygen atoms in total. The molecule has 2 heterocycles. The second-order valence-electron chi connectivity index (χ2n) is 8.02. The van der Waals surface area contributed by atoms with Gasteiger partial charge in [0, 0.05) is 30.5 Å². The van der Waals surface area contributed by atoms with Gasteiger partial charge in [-0.15, -0.1) is 0 Å². The lowest BCUT2D eigenvalue weighted by molar-refractivity contribution is -0.131. The average molecular weight is 390 g/mol. The summed E-state index contributed by atoms with van der Waals surface area (Å²) in [6.07, 6.45) is 4.79. The number of nitrogens with zero attached hydrogens (tertiary/aromatic N) is 1. The van der Waals surface area contributed by atoms with Crippen LogP contribution in [0.3, 0.4) is 0 Å². The minimum Gasteiger partial charge on any atom is -0.309 e. The zero-order valence-corrected chi connectivity index (χ0v) is 16.5. The largest absolute Gasteiger partial charge is 0.309 e. The van der Waals surface area contributed by atoms with Crippen LogP contribution in [0.5, 0.6) is 0 Å². The number of carbonyl (C=O) groups is 3. The Balaban J connectivity index is 1.45. The molecule has 0 aromatic heterocycles. The Morgan fingerprint density at radius 1 is 0.828 bits per heavy atom. The third-order valence-electron chi connectivity index (χ3n) is 5.93. The quantitative estimate of drug-likeness (QED) is 0.796. The highest BCUT2D eigenvalue weighted by Crippen LogP contribution is 2.29. The smallest absolute Gasteiger partial charge is 0.229 e. The molecule has 1 N–H and O–H groups in total. The Morgan fingerprint density at radius 3 is 2.31 bits per heavy atom. The SMILES string of the molecule is O=C1CCCC(Cc2ccc(N3C(=O)CC[C@H]3Cc3ccccc3)cc2)C(=O)N1. The van der Waals surface area contributed by atoms with Gasteiger partial charge in [-0.3, -0.25) is 19.7 Å². The minimum atomic E-state index is -0.176. The van der Waals surface area contributed by atoms with Crippen LogP contribution in [0.1, 0.15) is 43.2 Å². The first-order chi connectivity index (χ1) is 14.1. The molecule has 0 radical (unpaired) electrons. The normalized spacial score (nSPS) is 22.5. The topological polar surface area (TPSA) is 66.5 Å². The van der Waals surface area contributed by atoms with Crippen LogP contribution in [0.2, 0.25) is 0 Å². The van der Waals surface area contributed by atoms with Gasteiger partial charge in [0.25, 0.3) is 0 Å². The molecule has 1 unspecified atom stereocenters. The number of nitrogens with one attached hydrogen (secondary N) is 1. The van der Waals surface area contributed by atoms with Gasteiger partial charge in [0.1, 0.15) is 0 Å². The molecule has 150 valence electrons. The number of amides is 3. The number of hydrogen-bond acceptors (Lipinski definition) is 3. The van der Waals surface area contributed by atoms with E-state index in [0.29, 0.717) is 19.3 Å². The summed E-state index contributed by atoms with van der Waals surface area (Å²) in [6.45, 7) is 0. The highest BCUT2D eigenvalue weighted by Gasteiger charge is 2.32. The maximum atomic E-state index is 12.5. The lowest BCUT2D eigenvalue weighted by atomic mass is 9.94. The molecule has 2 aliphatic heterocycles. The van der Waals surface area contributed by atoms with Crippen LogP contribution in [0, 0.1) is 5.92 Å². The maximum Gasteiger partial charge on any atom is 0.229 e. The van der Waals surface area contributed by atoms with Crippen LogP contribution in [0.4, 0.5) is 5.69 Å². The average Bonchev–Trinajstić information content (AvgIpc) is 3.00. The molecular formula is C24H26N2O3. The summed E-state index contributed by atoms with van der Waals surface area (Å²) in [6, 6.07) is 18.4. The standard InChI is InChI=1S/C24H26N2O3/c27-22-8-4-7-19(24(29)25-22)15-18-9-11-20(12-10-18)26-21(13-14-23(26)28)16-17-5-2-1-3-6-17/h1-3,5-6,9-12,19,21H,4,7-8,13-16H2,(H,25,27,29)/t19?,21-/m0/s1. The molecule has 0 spiro atoms. The second kappa shape index (κ2) is 8.60. The summed E-state index contributed by atoms with van der Waals surface area (Å²) in [5.41, 5.74) is 3.20. The molecular weight excluding hydrogens is 364 g/mol. The van der Waals surface area contributed by atoms with Crippen molar-refractivity contribution < 1.29 is 14.4 Å². The van der Waals surface area contributed by atoms with Gasteiger partial charge in [-0.05, 0) is 55.4 Å². The fourth-order valence-corrected chi connectivity index (χ4v) is 4.39. The zero-order chi connectivity index (χ0) is 20.2. The van der Waals surface area contributed by atoms with Crippen molar-refractivity contribution in [2.45, 2.75) is 51.0 Å². The van der Waals surface area contributed by atoms with Crippen molar-refractivity contribution >= 4 is 23.4 Å². The highest BCUT2D eigenvalue weighted by atomic mass is 16.2. The second-order valence-corrected chi connectivity index (χ2v) is 8.02. The first-order valence-corrected chi connectivity index (χ1v) is 10.4. The van der Waals surface area contributed by atoms with E-state index in [9.17, 15) is 14.4 Å². The molecule has 2 fully saturated rings. The Labute approximate surface area is 171 Å².